The molecule has 4 rings (SSSR count). The molecule has 1 unspecified atom stereocenters. The average Bonchev–Trinajstić information content (AvgIpc) is 3.45. The fourth-order valence-electron chi connectivity index (χ4n) is 5.18. The smallest absolute Gasteiger partial charge is 0.321 e. The Kier molecular flexibility index (Phi) is 12.8. The van der Waals surface area contributed by atoms with E-state index in [1.165, 1.54) is 28.5 Å². The van der Waals surface area contributed by atoms with E-state index in [-0.39, 0.29) is 14.8 Å². The lowest BCUT2D eigenvalue weighted by Gasteiger charge is -2.20. The number of hydrogen-bond acceptors (Lipinski definition) is 3. The minimum atomic E-state index is -0.113. The molecule has 0 spiro atoms. The molecule has 0 aliphatic rings. The van der Waals surface area contributed by atoms with Gasteiger partial charge >= 0.3 is 6.03 Å². The van der Waals surface area contributed by atoms with Crippen molar-refractivity contribution < 1.29 is 7.65 Å². The van der Waals surface area contributed by atoms with Crippen molar-refractivity contribution in [3.05, 3.63) is 102 Å². The largest absolute Gasteiger partial charge is 0.355 e. The second-order valence-corrected chi connectivity index (χ2v) is 11.1. The van der Waals surface area contributed by atoms with Crippen molar-refractivity contribution in [3.63, 3.8) is 0 Å². The van der Waals surface area contributed by atoms with Gasteiger partial charge in [0.15, 0.2) is 0 Å². The number of urea groups is 1. The van der Waals surface area contributed by atoms with Crippen LogP contribution in [0.3, 0.4) is 0 Å². The summed E-state index contributed by atoms with van der Waals surface area (Å²) in [6.45, 7) is 11.4. The second-order valence-electron chi connectivity index (χ2n) is 11.1. The molecule has 2 amide bonds. The van der Waals surface area contributed by atoms with Crippen LogP contribution >= 0.6 is 0 Å². The number of anilines is 1. The zero-order chi connectivity index (χ0) is 31.4. The van der Waals surface area contributed by atoms with Crippen LogP contribution in [0.2, 0.25) is 0 Å². The number of amides is 2. The molecule has 6 nitrogen and oxygen atoms in total. The summed E-state index contributed by atoms with van der Waals surface area (Å²) in [6.07, 6.45) is 5.23. The molecular weight excluding hydrogens is 530 g/mol. The number of aromatic amines is 1. The van der Waals surface area contributed by atoms with E-state index in [0.29, 0.717) is 6.54 Å². The summed E-state index contributed by atoms with van der Waals surface area (Å²) in [6, 6.07) is 25.4. The maximum absolute atomic E-state index is 12.2. The SMILES string of the molecule is C=CCCC.CCC(C(=NC)c1ccc(NC(=O)N(C)CC)cc1)c1cccc2[nH]c(-c3cccc(CN(C)C)c3)cc12.[HH].[HH]. The van der Waals surface area contributed by atoms with Crippen LogP contribution in [0.5, 0.6) is 0 Å². The van der Waals surface area contributed by atoms with Crippen molar-refractivity contribution >= 4 is 28.3 Å². The Morgan fingerprint density at radius 2 is 1.74 bits per heavy atom. The van der Waals surface area contributed by atoms with Gasteiger partial charge in [-0.25, -0.2) is 4.79 Å². The first-order chi connectivity index (χ1) is 20.8. The predicted molar refractivity (Wildman–Crippen MR) is 190 cm³/mol. The van der Waals surface area contributed by atoms with Crippen molar-refractivity contribution in [1.29, 1.82) is 0 Å². The van der Waals surface area contributed by atoms with Crippen molar-refractivity contribution in [1.82, 2.24) is 14.8 Å². The normalized spacial score (nSPS) is 12.0. The van der Waals surface area contributed by atoms with Crippen LogP contribution in [0.4, 0.5) is 10.5 Å². The van der Waals surface area contributed by atoms with Crippen LogP contribution in [0.1, 0.15) is 65.5 Å². The Bertz CT molecular complexity index is 1510. The fraction of sp³-hybridized carbons (Fsp3) is 0.351. The molecule has 4 aromatic rings. The molecule has 1 aromatic heterocycles. The third kappa shape index (κ3) is 8.91. The molecule has 0 aliphatic carbocycles. The summed E-state index contributed by atoms with van der Waals surface area (Å²) in [5.74, 6) is 0.138. The molecule has 0 saturated heterocycles. The van der Waals surface area contributed by atoms with E-state index in [1.54, 1.807) is 11.9 Å². The number of hydrogen-bond donors (Lipinski definition) is 2. The van der Waals surface area contributed by atoms with Crippen LogP contribution in [0.25, 0.3) is 22.2 Å². The maximum Gasteiger partial charge on any atom is 0.321 e. The van der Waals surface area contributed by atoms with Crippen molar-refractivity contribution in [2.45, 2.75) is 52.5 Å². The van der Waals surface area contributed by atoms with Gasteiger partial charge in [-0.3, -0.25) is 4.99 Å². The van der Waals surface area contributed by atoms with E-state index in [1.807, 2.05) is 44.3 Å². The number of carbonyl (C=O) groups excluding carboxylic acids is 1. The van der Waals surface area contributed by atoms with Gasteiger partial charge in [0.1, 0.15) is 0 Å². The molecule has 1 atom stereocenters. The number of rotatable bonds is 11. The highest BCUT2D eigenvalue weighted by Gasteiger charge is 2.21. The van der Waals surface area contributed by atoms with Gasteiger partial charge in [0.25, 0.3) is 0 Å². The molecule has 0 saturated carbocycles. The number of aliphatic imine (C=N–C) groups is 1. The van der Waals surface area contributed by atoms with Gasteiger partial charge in [-0.2, -0.15) is 0 Å². The van der Waals surface area contributed by atoms with Crippen LogP contribution in [-0.2, 0) is 6.54 Å². The Labute approximate surface area is 261 Å². The number of H-pyrrole nitrogens is 1. The summed E-state index contributed by atoms with van der Waals surface area (Å²) in [5, 5.41) is 4.17. The average molecular weight is 584 g/mol. The summed E-state index contributed by atoms with van der Waals surface area (Å²) < 4.78 is 0. The van der Waals surface area contributed by atoms with Gasteiger partial charge < -0.3 is 20.1 Å². The first-order valence-electron chi connectivity index (χ1n) is 15.3. The molecule has 0 bridgehead atoms. The number of nitrogens with zero attached hydrogens (tertiary/aromatic N) is 3. The van der Waals surface area contributed by atoms with E-state index in [2.05, 4.69) is 98.3 Å². The molecule has 6 heteroatoms. The number of benzene rings is 3. The summed E-state index contributed by atoms with van der Waals surface area (Å²) in [4.78, 5) is 24.5. The monoisotopic (exact) mass is 583 g/mol. The summed E-state index contributed by atoms with van der Waals surface area (Å²) >= 11 is 0. The Hall–Kier alpha value is -4.16. The van der Waals surface area contributed by atoms with Crippen molar-refractivity contribution in [2.24, 2.45) is 4.99 Å². The van der Waals surface area contributed by atoms with Gasteiger partial charge in [-0.1, -0.05) is 68.8 Å². The second kappa shape index (κ2) is 16.5. The molecule has 0 aliphatic heterocycles. The highest BCUT2D eigenvalue weighted by Crippen LogP contribution is 2.34. The number of nitrogens with one attached hydrogen (secondary N) is 2. The zero-order valence-corrected chi connectivity index (χ0v) is 27.1. The third-order valence-electron chi connectivity index (χ3n) is 7.54. The Morgan fingerprint density at radius 1 is 1.02 bits per heavy atom. The molecule has 0 radical (unpaired) electrons. The molecular formula is C37H53N5O. The van der Waals surface area contributed by atoms with Gasteiger partial charge in [0.05, 0.1) is 0 Å². The highest BCUT2D eigenvalue weighted by molar-refractivity contribution is 6.07. The van der Waals surface area contributed by atoms with Crippen LogP contribution in [0.15, 0.2) is 90.4 Å². The number of aromatic nitrogens is 1. The number of fused-ring (bicyclic) bond motifs is 1. The van der Waals surface area contributed by atoms with Gasteiger partial charge in [-0.15, -0.1) is 6.58 Å². The maximum atomic E-state index is 12.2. The number of allylic oxidation sites excluding steroid dienone is 1. The molecule has 43 heavy (non-hydrogen) atoms. The van der Waals surface area contributed by atoms with Crippen LogP contribution in [-0.4, -0.2) is 61.3 Å². The third-order valence-corrected chi connectivity index (χ3v) is 7.54. The Balaban J connectivity index is 0.00000134. The lowest BCUT2D eigenvalue weighted by Crippen LogP contribution is -2.30. The summed E-state index contributed by atoms with van der Waals surface area (Å²) in [7, 11) is 7.83. The number of unbranched alkanes of at least 4 members (excludes halogenated alkanes) is 1. The van der Waals surface area contributed by atoms with Gasteiger partial charge in [0.2, 0.25) is 0 Å². The van der Waals surface area contributed by atoms with Crippen LogP contribution < -0.4 is 5.32 Å². The summed E-state index contributed by atoms with van der Waals surface area (Å²) in [5.41, 5.74) is 8.87. The fourth-order valence-corrected chi connectivity index (χ4v) is 5.18. The lowest BCUT2D eigenvalue weighted by molar-refractivity contribution is 0.224. The zero-order valence-electron chi connectivity index (χ0n) is 27.1. The topological polar surface area (TPSA) is 63.7 Å². The lowest BCUT2D eigenvalue weighted by atomic mass is 9.86. The molecule has 2 N–H and O–H groups in total. The van der Waals surface area contributed by atoms with E-state index in [4.69, 9.17) is 4.99 Å². The van der Waals surface area contributed by atoms with E-state index in [0.717, 1.165) is 47.6 Å². The highest BCUT2D eigenvalue weighted by atomic mass is 16.2. The molecule has 232 valence electrons. The predicted octanol–water partition coefficient (Wildman–Crippen LogP) is 9.46. The minimum Gasteiger partial charge on any atom is -0.355 e. The Morgan fingerprint density at radius 3 is 2.33 bits per heavy atom. The van der Waals surface area contributed by atoms with Crippen LogP contribution in [0, 0.1) is 0 Å². The molecule has 0 fully saturated rings. The van der Waals surface area contributed by atoms with Crippen molar-refractivity contribution in [2.75, 3.05) is 40.1 Å². The number of carbonyl (C=O) groups is 1. The minimum absolute atomic E-state index is 0. The first kappa shape index (κ1) is 33.3. The van der Waals surface area contributed by atoms with Gasteiger partial charge in [0, 0.05) is 64.0 Å². The molecule has 1 heterocycles. The quantitative estimate of drug-likeness (QED) is 0.136. The van der Waals surface area contributed by atoms with Crippen molar-refractivity contribution in [3.8, 4) is 11.3 Å². The van der Waals surface area contributed by atoms with E-state index >= 15 is 0 Å². The standard InChI is InChI=1S/C32H39N5O.C5H10.2H2/c1-7-26(31(33-3)23-15-17-25(18-16-23)34-32(38)37(6)8-2)27-13-10-14-29-28(27)20-30(35-29)24-12-9-11-22(19-24)21-36(4)5;1-3-5-4-2;;/h9-20,26,35H,7-8,21H2,1-6H3,(H,34,38);3H,1,4-5H2,2H3;2*1H. The van der Waals surface area contributed by atoms with E-state index in [9.17, 15) is 4.79 Å². The van der Waals surface area contributed by atoms with Gasteiger partial charge in [-0.05, 0) is 86.4 Å². The van der Waals surface area contributed by atoms with E-state index < -0.39 is 0 Å². The molecule has 3 aromatic carbocycles. The first-order valence-corrected chi connectivity index (χ1v) is 15.3.